The Balaban J connectivity index is -0.000000168. The van der Waals surface area contributed by atoms with Crippen molar-refractivity contribution in [2.75, 3.05) is 0 Å². The van der Waals surface area contributed by atoms with Crippen LogP contribution in [0.15, 0.2) is 73.4 Å². The minimum absolute atomic E-state index is 0.328. The van der Waals surface area contributed by atoms with Crippen LogP contribution >= 0.6 is 0 Å². The van der Waals surface area contributed by atoms with Gasteiger partial charge in [0.05, 0.1) is 0 Å². The van der Waals surface area contributed by atoms with Gasteiger partial charge in [-0.15, -0.1) is 6.58 Å². The van der Waals surface area contributed by atoms with Gasteiger partial charge >= 0.3 is 0 Å². The van der Waals surface area contributed by atoms with Crippen LogP contribution in [-0.2, 0) is 0 Å². The molecular weight excluding hydrogens is 589 g/mol. The second kappa shape index (κ2) is 33.6. The van der Waals surface area contributed by atoms with Gasteiger partial charge in [-0.2, -0.15) is 0 Å². The molecule has 49 heavy (non-hydrogen) atoms. The monoisotopic (exact) mass is 685 g/mol. The van der Waals surface area contributed by atoms with Crippen molar-refractivity contribution in [2.45, 2.75) is 178 Å². The predicted molar refractivity (Wildman–Crippen MR) is 235 cm³/mol. The van der Waals surface area contributed by atoms with Gasteiger partial charge in [0.1, 0.15) is 0 Å². The fourth-order valence-electron chi connectivity index (χ4n) is 4.94. The maximum atomic E-state index is 4.03. The average molecular weight is 685 g/mol. The summed E-state index contributed by atoms with van der Waals surface area (Å²) < 4.78 is 0. The molecule has 0 heteroatoms. The Morgan fingerprint density at radius 1 is 0.612 bits per heavy atom. The lowest BCUT2D eigenvalue weighted by Crippen LogP contribution is -2.22. The fraction of sp³-hybridized carbons (Fsp3) is 0.755. The van der Waals surface area contributed by atoms with Crippen LogP contribution in [0.1, 0.15) is 178 Å². The molecule has 0 fully saturated rings. The summed E-state index contributed by atoms with van der Waals surface area (Å²) in [5, 5.41) is 0. The van der Waals surface area contributed by atoms with E-state index in [1.165, 1.54) is 37.7 Å². The van der Waals surface area contributed by atoms with Gasteiger partial charge in [0.15, 0.2) is 0 Å². The van der Waals surface area contributed by atoms with Gasteiger partial charge in [-0.1, -0.05) is 191 Å². The maximum absolute atomic E-state index is 4.03. The SMILES string of the molecule is C/C(=C/CC(C)C)CC(C)C.C=C(C)C(CC(C)C)C(C)C.C=CC(=C)C.C=CC(C)(CC(C)C)C(C)C.CC(C)C/C=C/C(C)C(C)C. The molecule has 0 rings (SSSR count). The molecule has 0 aliphatic rings. The van der Waals surface area contributed by atoms with Gasteiger partial charge < -0.3 is 0 Å². The summed E-state index contributed by atoms with van der Waals surface area (Å²) in [7, 11) is 0. The first-order valence-electron chi connectivity index (χ1n) is 20.1. The third-order valence-corrected chi connectivity index (χ3v) is 8.91. The van der Waals surface area contributed by atoms with E-state index >= 15 is 0 Å². The zero-order valence-electron chi connectivity index (χ0n) is 38.0. The van der Waals surface area contributed by atoms with E-state index in [0.717, 1.165) is 58.8 Å². The topological polar surface area (TPSA) is 0 Å². The first kappa shape index (κ1) is 56.8. The van der Waals surface area contributed by atoms with Crippen LogP contribution in [0.5, 0.6) is 0 Å². The number of rotatable bonds is 17. The molecular formula is C49H96. The molecule has 0 spiro atoms. The molecule has 3 unspecified atom stereocenters. The van der Waals surface area contributed by atoms with E-state index in [1.807, 2.05) is 6.92 Å². The Morgan fingerprint density at radius 2 is 1.06 bits per heavy atom. The average Bonchev–Trinajstić information content (AvgIpc) is 2.94. The molecule has 0 bridgehead atoms. The molecule has 0 amide bonds. The Kier molecular flexibility index (Phi) is 38.9. The van der Waals surface area contributed by atoms with Gasteiger partial charge in [-0.05, 0) is 117 Å². The highest BCUT2D eigenvalue weighted by Crippen LogP contribution is 2.35. The normalized spacial score (nSPS) is 14.0. The van der Waals surface area contributed by atoms with E-state index in [0.29, 0.717) is 11.3 Å². The summed E-state index contributed by atoms with van der Waals surface area (Å²) in [4.78, 5) is 0. The molecule has 0 saturated carbocycles. The highest BCUT2D eigenvalue weighted by Gasteiger charge is 2.25. The molecule has 0 nitrogen and oxygen atoms in total. The first-order chi connectivity index (χ1) is 22.2. The Bertz CT molecular complexity index is 850. The predicted octanol–water partition coefficient (Wildman–Crippen LogP) is 17.4. The zero-order valence-corrected chi connectivity index (χ0v) is 38.0. The largest absolute Gasteiger partial charge is 0.103 e. The minimum atomic E-state index is 0.328. The first-order valence-corrected chi connectivity index (χ1v) is 20.1. The van der Waals surface area contributed by atoms with Crippen molar-refractivity contribution in [3.8, 4) is 0 Å². The zero-order chi connectivity index (χ0) is 40.1. The van der Waals surface area contributed by atoms with Gasteiger partial charge in [-0.25, -0.2) is 0 Å². The van der Waals surface area contributed by atoms with Gasteiger partial charge in [0.25, 0.3) is 0 Å². The molecule has 0 aromatic rings. The summed E-state index contributed by atoms with van der Waals surface area (Å²) >= 11 is 0. The van der Waals surface area contributed by atoms with Gasteiger partial charge in [-0.3, -0.25) is 0 Å². The van der Waals surface area contributed by atoms with Crippen LogP contribution in [0, 0.1) is 64.6 Å². The van der Waals surface area contributed by atoms with Crippen LogP contribution < -0.4 is 0 Å². The Morgan fingerprint density at radius 3 is 1.27 bits per heavy atom. The second-order valence-corrected chi connectivity index (χ2v) is 18.3. The van der Waals surface area contributed by atoms with Crippen LogP contribution in [0.25, 0.3) is 0 Å². The van der Waals surface area contributed by atoms with Crippen LogP contribution in [-0.4, -0.2) is 0 Å². The van der Waals surface area contributed by atoms with E-state index < -0.39 is 0 Å². The molecule has 3 atom stereocenters. The number of hydrogen-bond acceptors (Lipinski definition) is 0. The molecule has 0 heterocycles. The highest BCUT2D eigenvalue weighted by molar-refractivity contribution is 5.06. The second-order valence-electron chi connectivity index (χ2n) is 18.3. The number of allylic oxidation sites excluding steroid dienone is 8. The molecule has 0 saturated heterocycles. The molecule has 0 aliphatic heterocycles. The molecule has 0 radical (unpaired) electrons. The van der Waals surface area contributed by atoms with Crippen LogP contribution in [0.2, 0.25) is 0 Å². The standard InChI is InChI=1S/4C11H22.C5H8/c1-8(2)7-11(9(3)4)10(5)6;1-9(2)6-7-11(5)8-10(3)4;1-9(2)7-6-8-11(5)10(3)4;1-7-11(6,10(4)5)8-9(2)3;1-4-5(2)3/h8,10-11H,3,7H2,1-2,4-6H3;7,9-10H,6,8H2,1-5H3;6,8-11H,7H2,1-5H3;7,9-10H,1,8H2,2-6H3;4H,1-2H2,3H3/b;11-7-;8-6+;;. The van der Waals surface area contributed by atoms with Crippen molar-refractivity contribution in [3.63, 3.8) is 0 Å². The summed E-state index contributed by atoms with van der Waals surface area (Å²) in [6.07, 6.45) is 17.1. The minimum Gasteiger partial charge on any atom is -0.103 e. The van der Waals surface area contributed by atoms with E-state index in [2.05, 4.69) is 189 Å². The number of hydrogen-bond donors (Lipinski definition) is 0. The van der Waals surface area contributed by atoms with Gasteiger partial charge in [0, 0.05) is 0 Å². The van der Waals surface area contributed by atoms with E-state index in [-0.39, 0.29) is 0 Å². The molecule has 292 valence electrons. The Labute approximate surface area is 314 Å². The van der Waals surface area contributed by atoms with Crippen molar-refractivity contribution >= 4 is 0 Å². The van der Waals surface area contributed by atoms with Crippen molar-refractivity contribution in [3.05, 3.63) is 73.4 Å². The lowest BCUT2D eigenvalue weighted by molar-refractivity contribution is 0.241. The summed E-state index contributed by atoms with van der Waals surface area (Å²) in [6.45, 7) is 62.1. The maximum Gasteiger partial charge on any atom is -0.0124 e. The molecule has 0 N–H and O–H groups in total. The smallest absolute Gasteiger partial charge is 0.0124 e. The molecule has 0 aromatic heterocycles. The van der Waals surface area contributed by atoms with Crippen LogP contribution in [0.4, 0.5) is 0 Å². The van der Waals surface area contributed by atoms with E-state index in [1.54, 1.807) is 11.6 Å². The van der Waals surface area contributed by atoms with Crippen molar-refractivity contribution < 1.29 is 0 Å². The summed E-state index contributed by atoms with van der Waals surface area (Å²) in [5.41, 5.74) is 4.24. The third-order valence-electron chi connectivity index (χ3n) is 8.91. The highest BCUT2D eigenvalue weighted by atomic mass is 14.3. The lowest BCUT2D eigenvalue weighted by Gasteiger charge is -2.32. The quantitative estimate of drug-likeness (QED) is 0.106. The fourth-order valence-corrected chi connectivity index (χ4v) is 4.94. The van der Waals surface area contributed by atoms with Crippen molar-refractivity contribution in [2.24, 2.45) is 64.6 Å². The van der Waals surface area contributed by atoms with E-state index in [9.17, 15) is 0 Å². The molecule has 0 aromatic carbocycles. The summed E-state index contributed by atoms with van der Waals surface area (Å²) in [5.74, 6) is 7.63. The van der Waals surface area contributed by atoms with E-state index in [4.69, 9.17) is 0 Å². The molecule has 0 aliphatic carbocycles. The summed E-state index contributed by atoms with van der Waals surface area (Å²) in [6, 6.07) is 0. The van der Waals surface area contributed by atoms with Gasteiger partial charge in [0.2, 0.25) is 0 Å². The lowest BCUT2D eigenvalue weighted by atomic mass is 9.73. The van der Waals surface area contributed by atoms with Crippen molar-refractivity contribution in [1.82, 2.24) is 0 Å². The Hall–Kier alpha value is -1.56. The van der Waals surface area contributed by atoms with Crippen LogP contribution in [0.3, 0.4) is 0 Å². The third kappa shape index (κ3) is 44.4. The van der Waals surface area contributed by atoms with Crippen molar-refractivity contribution in [1.29, 1.82) is 0 Å².